The molecule has 2 rings (SSSR count). The van der Waals surface area contributed by atoms with E-state index in [1.165, 1.54) is 6.07 Å². The van der Waals surface area contributed by atoms with E-state index in [0.29, 0.717) is 6.42 Å². The normalized spacial score (nSPS) is 18.8. The molecular formula is C12H17N3O5S. The molecule has 1 aliphatic rings. The van der Waals surface area contributed by atoms with E-state index >= 15 is 0 Å². The lowest BCUT2D eigenvalue weighted by Gasteiger charge is -2.11. The Bertz CT molecular complexity index is 626. The minimum absolute atomic E-state index is 0.0852. The van der Waals surface area contributed by atoms with E-state index in [-0.39, 0.29) is 28.9 Å². The van der Waals surface area contributed by atoms with Gasteiger partial charge in [-0.15, -0.1) is 0 Å². The van der Waals surface area contributed by atoms with Crippen molar-refractivity contribution in [3.8, 4) is 0 Å². The van der Waals surface area contributed by atoms with Crippen LogP contribution in [0.3, 0.4) is 0 Å². The SMILES string of the molecule is Nc1cc(S(=O)(=O)NCCC2CCCO2)ccc1[N+](=O)[O-]. The molecule has 3 N–H and O–H groups in total. The molecule has 0 bridgehead atoms. The van der Waals surface area contributed by atoms with Gasteiger partial charge < -0.3 is 10.5 Å². The third-order valence-electron chi connectivity index (χ3n) is 3.29. The van der Waals surface area contributed by atoms with Crippen LogP contribution in [0.1, 0.15) is 19.3 Å². The highest BCUT2D eigenvalue weighted by Gasteiger charge is 2.20. The van der Waals surface area contributed by atoms with E-state index in [1.807, 2.05) is 0 Å². The lowest BCUT2D eigenvalue weighted by atomic mass is 10.2. The molecule has 1 fully saturated rings. The lowest BCUT2D eigenvalue weighted by molar-refractivity contribution is -0.383. The number of nitro groups is 1. The summed E-state index contributed by atoms with van der Waals surface area (Å²) < 4.78 is 32.0. The van der Waals surface area contributed by atoms with Gasteiger partial charge >= 0.3 is 0 Å². The number of nitrogens with one attached hydrogen (secondary N) is 1. The fourth-order valence-corrected chi connectivity index (χ4v) is 3.26. The minimum Gasteiger partial charge on any atom is -0.393 e. The number of nitrogen functional groups attached to an aromatic ring is 1. The Hall–Kier alpha value is -1.71. The van der Waals surface area contributed by atoms with Crippen molar-refractivity contribution >= 4 is 21.4 Å². The summed E-state index contributed by atoms with van der Waals surface area (Å²) >= 11 is 0. The van der Waals surface area contributed by atoms with Gasteiger partial charge in [0.1, 0.15) is 5.69 Å². The highest BCUT2D eigenvalue weighted by atomic mass is 32.2. The average molecular weight is 315 g/mol. The van der Waals surface area contributed by atoms with Crippen LogP contribution in [0.5, 0.6) is 0 Å². The lowest BCUT2D eigenvalue weighted by Crippen LogP contribution is -2.27. The Morgan fingerprint density at radius 3 is 2.81 bits per heavy atom. The Balaban J connectivity index is 2.01. The van der Waals surface area contributed by atoms with E-state index in [0.717, 1.165) is 31.6 Å². The second-order valence-corrected chi connectivity index (χ2v) is 6.57. The van der Waals surface area contributed by atoms with Crippen LogP contribution in [0.15, 0.2) is 23.1 Å². The molecule has 116 valence electrons. The van der Waals surface area contributed by atoms with Gasteiger partial charge in [0.2, 0.25) is 10.0 Å². The van der Waals surface area contributed by atoms with Crippen molar-refractivity contribution < 1.29 is 18.1 Å². The summed E-state index contributed by atoms with van der Waals surface area (Å²) in [6.07, 6.45) is 2.62. The predicted molar refractivity (Wildman–Crippen MR) is 76.3 cm³/mol. The zero-order chi connectivity index (χ0) is 15.5. The minimum atomic E-state index is -3.73. The zero-order valence-corrected chi connectivity index (χ0v) is 12.1. The maximum absolute atomic E-state index is 12.1. The first-order valence-electron chi connectivity index (χ1n) is 6.55. The maximum atomic E-state index is 12.1. The topological polar surface area (TPSA) is 125 Å². The van der Waals surface area contributed by atoms with Gasteiger partial charge in [0.25, 0.3) is 5.69 Å². The molecule has 8 nitrogen and oxygen atoms in total. The van der Waals surface area contributed by atoms with Crippen LogP contribution in [-0.2, 0) is 14.8 Å². The Morgan fingerprint density at radius 1 is 1.48 bits per heavy atom. The number of ether oxygens (including phenoxy) is 1. The van der Waals surface area contributed by atoms with E-state index in [1.54, 1.807) is 0 Å². The first kappa shape index (κ1) is 15.7. The Morgan fingerprint density at radius 2 is 2.24 bits per heavy atom. The third kappa shape index (κ3) is 3.90. The van der Waals surface area contributed by atoms with Crippen molar-refractivity contribution in [2.75, 3.05) is 18.9 Å². The number of nitro benzene ring substituents is 1. The third-order valence-corrected chi connectivity index (χ3v) is 4.75. The van der Waals surface area contributed by atoms with Gasteiger partial charge in [0, 0.05) is 19.2 Å². The number of rotatable bonds is 6. The maximum Gasteiger partial charge on any atom is 0.292 e. The van der Waals surface area contributed by atoms with Gasteiger partial charge in [-0.2, -0.15) is 0 Å². The Kier molecular flexibility index (Phi) is 4.76. The molecule has 0 amide bonds. The second kappa shape index (κ2) is 6.37. The summed E-state index contributed by atoms with van der Waals surface area (Å²) in [4.78, 5) is 9.91. The van der Waals surface area contributed by atoms with E-state index in [2.05, 4.69) is 4.72 Å². The van der Waals surface area contributed by atoms with Crippen molar-refractivity contribution in [2.45, 2.75) is 30.3 Å². The molecule has 1 aromatic rings. The molecular weight excluding hydrogens is 298 g/mol. The quantitative estimate of drug-likeness (QED) is 0.459. The summed E-state index contributed by atoms with van der Waals surface area (Å²) in [6, 6.07) is 3.35. The predicted octanol–water partition coefficient (Wildman–Crippen LogP) is 1.02. The standard InChI is InChI=1S/C12H17N3O5S/c13-11-8-10(3-4-12(11)15(16)17)21(18,19)14-6-5-9-2-1-7-20-9/h3-4,8-9,14H,1-2,5-7,13H2. The molecule has 1 unspecified atom stereocenters. The van der Waals surface area contributed by atoms with Crippen LogP contribution in [0, 0.1) is 10.1 Å². The van der Waals surface area contributed by atoms with Gasteiger partial charge in [-0.3, -0.25) is 10.1 Å². The number of anilines is 1. The number of sulfonamides is 1. The van der Waals surface area contributed by atoms with E-state index in [4.69, 9.17) is 10.5 Å². The van der Waals surface area contributed by atoms with Crippen LogP contribution in [0.2, 0.25) is 0 Å². The number of benzene rings is 1. The molecule has 0 saturated carbocycles. The van der Waals surface area contributed by atoms with Gasteiger partial charge in [0.05, 0.1) is 15.9 Å². The number of nitrogens with two attached hydrogens (primary N) is 1. The fraction of sp³-hybridized carbons (Fsp3) is 0.500. The molecule has 0 aromatic heterocycles. The molecule has 0 aliphatic carbocycles. The first-order chi connectivity index (χ1) is 9.90. The summed E-state index contributed by atoms with van der Waals surface area (Å²) in [5.74, 6) is 0. The molecule has 1 saturated heterocycles. The van der Waals surface area contributed by atoms with E-state index < -0.39 is 14.9 Å². The zero-order valence-electron chi connectivity index (χ0n) is 11.3. The van der Waals surface area contributed by atoms with Crippen LogP contribution < -0.4 is 10.5 Å². The fourth-order valence-electron chi connectivity index (χ4n) is 2.18. The summed E-state index contributed by atoms with van der Waals surface area (Å²) in [5, 5.41) is 10.6. The van der Waals surface area contributed by atoms with Gasteiger partial charge in [-0.05, 0) is 31.4 Å². The highest BCUT2D eigenvalue weighted by Crippen LogP contribution is 2.24. The molecule has 9 heteroatoms. The van der Waals surface area contributed by atoms with Crippen molar-refractivity contribution in [2.24, 2.45) is 0 Å². The van der Waals surface area contributed by atoms with Crippen molar-refractivity contribution in [3.63, 3.8) is 0 Å². The van der Waals surface area contributed by atoms with Crippen LogP contribution in [-0.4, -0.2) is 32.6 Å². The number of nitrogens with zero attached hydrogens (tertiary/aromatic N) is 1. The van der Waals surface area contributed by atoms with Gasteiger partial charge in [-0.1, -0.05) is 0 Å². The highest BCUT2D eigenvalue weighted by molar-refractivity contribution is 7.89. The smallest absolute Gasteiger partial charge is 0.292 e. The van der Waals surface area contributed by atoms with E-state index in [9.17, 15) is 18.5 Å². The largest absolute Gasteiger partial charge is 0.393 e. The van der Waals surface area contributed by atoms with Crippen LogP contribution in [0.25, 0.3) is 0 Å². The molecule has 1 aromatic carbocycles. The van der Waals surface area contributed by atoms with Gasteiger partial charge in [-0.25, -0.2) is 13.1 Å². The molecule has 1 aliphatic heterocycles. The average Bonchev–Trinajstić information content (AvgIpc) is 2.91. The number of hydrogen-bond donors (Lipinski definition) is 2. The molecule has 1 atom stereocenters. The second-order valence-electron chi connectivity index (χ2n) is 4.80. The summed E-state index contributed by atoms with van der Waals surface area (Å²) in [7, 11) is -3.73. The Labute approximate surface area is 122 Å². The number of hydrogen-bond acceptors (Lipinski definition) is 6. The molecule has 0 radical (unpaired) electrons. The molecule has 0 spiro atoms. The van der Waals surface area contributed by atoms with Crippen molar-refractivity contribution in [3.05, 3.63) is 28.3 Å². The summed E-state index contributed by atoms with van der Waals surface area (Å²) in [5.41, 5.74) is 5.00. The monoisotopic (exact) mass is 315 g/mol. The summed E-state index contributed by atoms with van der Waals surface area (Å²) in [6.45, 7) is 0.972. The first-order valence-corrected chi connectivity index (χ1v) is 8.03. The van der Waals surface area contributed by atoms with Crippen molar-refractivity contribution in [1.29, 1.82) is 0 Å². The van der Waals surface area contributed by atoms with Crippen LogP contribution >= 0.6 is 0 Å². The molecule has 21 heavy (non-hydrogen) atoms. The van der Waals surface area contributed by atoms with Crippen LogP contribution in [0.4, 0.5) is 11.4 Å². The van der Waals surface area contributed by atoms with Gasteiger partial charge in [0.15, 0.2) is 0 Å². The van der Waals surface area contributed by atoms with Crippen molar-refractivity contribution in [1.82, 2.24) is 4.72 Å². The molecule has 1 heterocycles.